The van der Waals surface area contributed by atoms with Crippen molar-refractivity contribution in [1.82, 2.24) is 15.3 Å². The zero-order chi connectivity index (χ0) is 28.4. The Morgan fingerprint density at radius 1 is 0.897 bits per heavy atom. The summed E-state index contributed by atoms with van der Waals surface area (Å²) in [5.74, 6) is 1.25. The second-order valence-electron chi connectivity index (χ2n) is 10.2. The van der Waals surface area contributed by atoms with Crippen molar-refractivity contribution in [1.29, 1.82) is 0 Å². The van der Waals surface area contributed by atoms with Crippen LogP contribution in [-0.2, 0) is 12.8 Å². The summed E-state index contributed by atoms with van der Waals surface area (Å²) in [5.41, 5.74) is 14.1. The van der Waals surface area contributed by atoms with E-state index in [-0.39, 0.29) is 28.5 Å². The highest BCUT2D eigenvalue weighted by molar-refractivity contribution is 6.31. The molecule has 39 heavy (non-hydrogen) atoms. The minimum atomic E-state index is -0.419. The number of nitrogens with zero attached hydrogens (tertiary/aromatic N) is 3. The molecule has 3 aromatic rings. The molecule has 1 heterocycles. The summed E-state index contributed by atoms with van der Waals surface area (Å²) in [4.78, 5) is 20.9. The van der Waals surface area contributed by atoms with Gasteiger partial charge in [-0.05, 0) is 55.2 Å². The second kappa shape index (κ2) is 14.0. The van der Waals surface area contributed by atoms with E-state index in [1.54, 1.807) is 14.2 Å². The van der Waals surface area contributed by atoms with Crippen molar-refractivity contribution in [2.45, 2.75) is 38.6 Å². The number of benzene rings is 2. The number of rotatable bonds is 14. The van der Waals surface area contributed by atoms with E-state index in [9.17, 15) is 4.79 Å². The number of aryl methyl sites for hydroxylation is 2. The lowest BCUT2D eigenvalue weighted by atomic mass is 10.1. The molecule has 0 fully saturated rings. The van der Waals surface area contributed by atoms with Gasteiger partial charge in [0, 0.05) is 12.8 Å². The van der Waals surface area contributed by atoms with Crippen LogP contribution in [0.25, 0.3) is 0 Å². The lowest BCUT2D eigenvalue weighted by Crippen LogP contribution is -2.53. The normalized spacial score (nSPS) is 12.1. The van der Waals surface area contributed by atoms with Crippen LogP contribution in [0.4, 0.5) is 11.6 Å². The Hall–Kier alpha value is -3.56. The minimum Gasteiger partial charge on any atom is -0.497 e. The number of ether oxygens (including phenoxy) is 2. The molecule has 2 aromatic carbocycles. The molecule has 10 heteroatoms. The maximum Gasteiger partial charge on any atom is 0.274 e. The highest BCUT2D eigenvalue weighted by atomic mass is 35.5. The third-order valence-corrected chi connectivity index (χ3v) is 7.14. The molecule has 0 saturated carbocycles. The number of carbonyl (C=O) groups is 1. The molecular weight excluding hydrogens is 516 g/mol. The number of quaternary nitrogens is 1. The quantitative estimate of drug-likeness (QED) is 0.255. The van der Waals surface area contributed by atoms with E-state index in [0.29, 0.717) is 0 Å². The van der Waals surface area contributed by atoms with Gasteiger partial charge in [-0.2, -0.15) is 0 Å². The summed E-state index contributed by atoms with van der Waals surface area (Å²) < 4.78 is 11.4. The first kappa shape index (κ1) is 30.0. The Morgan fingerprint density at radius 2 is 1.38 bits per heavy atom. The van der Waals surface area contributed by atoms with Gasteiger partial charge in [-0.15, -0.1) is 0 Å². The van der Waals surface area contributed by atoms with Gasteiger partial charge in [-0.3, -0.25) is 4.79 Å². The number of hydrogen-bond donors (Lipinski definition) is 3. The molecule has 0 spiro atoms. The Labute approximate surface area is 236 Å². The molecule has 1 atom stereocenters. The van der Waals surface area contributed by atoms with E-state index >= 15 is 0 Å². The molecular formula is C29H40ClN6O3+. The SMILES string of the molecule is COc1ccc(CCC[N+](C)(CCCc2ccc(OC)cc2)CC(C)NC(=O)c2nc(Cl)c(N)nc2N)cc1. The number of halogens is 1. The number of methoxy groups -OCH3 is 2. The average molecular weight is 556 g/mol. The maximum absolute atomic E-state index is 12.9. The van der Waals surface area contributed by atoms with Crippen LogP contribution in [0.5, 0.6) is 11.5 Å². The Bertz CT molecular complexity index is 1170. The van der Waals surface area contributed by atoms with Gasteiger partial charge in [0.15, 0.2) is 22.5 Å². The zero-order valence-corrected chi connectivity index (χ0v) is 24.0. The molecule has 0 aliphatic carbocycles. The van der Waals surface area contributed by atoms with Crippen molar-refractivity contribution in [3.8, 4) is 11.5 Å². The molecule has 210 valence electrons. The lowest BCUT2D eigenvalue weighted by Gasteiger charge is -2.37. The van der Waals surface area contributed by atoms with Gasteiger partial charge in [-0.25, -0.2) is 9.97 Å². The predicted molar refractivity (Wildman–Crippen MR) is 156 cm³/mol. The summed E-state index contributed by atoms with van der Waals surface area (Å²) in [6.07, 6.45) is 3.95. The molecule has 0 aliphatic heterocycles. The summed E-state index contributed by atoms with van der Waals surface area (Å²) in [6, 6.07) is 16.3. The first-order valence-corrected chi connectivity index (χ1v) is 13.5. The van der Waals surface area contributed by atoms with Gasteiger partial charge in [0.1, 0.15) is 11.5 Å². The first-order valence-electron chi connectivity index (χ1n) is 13.1. The van der Waals surface area contributed by atoms with Gasteiger partial charge in [0.2, 0.25) is 0 Å². The van der Waals surface area contributed by atoms with Crippen molar-refractivity contribution in [3.63, 3.8) is 0 Å². The molecule has 1 amide bonds. The highest BCUT2D eigenvalue weighted by Gasteiger charge is 2.26. The molecule has 0 aliphatic rings. The van der Waals surface area contributed by atoms with Crippen LogP contribution in [0.1, 0.15) is 41.4 Å². The Kier molecular flexibility index (Phi) is 10.8. The monoisotopic (exact) mass is 555 g/mol. The molecule has 3 rings (SSSR count). The van der Waals surface area contributed by atoms with Crippen LogP contribution in [-0.4, -0.2) is 67.3 Å². The van der Waals surface area contributed by atoms with Crippen molar-refractivity contribution in [3.05, 3.63) is 70.5 Å². The van der Waals surface area contributed by atoms with E-state index in [4.69, 9.17) is 32.5 Å². The number of nitrogens with two attached hydrogens (primary N) is 2. The topological polar surface area (TPSA) is 125 Å². The fourth-order valence-electron chi connectivity index (χ4n) is 4.82. The van der Waals surface area contributed by atoms with E-state index < -0.39 is 5.91 Å². The summed E-state index contributed by atoms with van der Waals surface area (Å²) in [6.45, 7) is 4.66. The smallest absolute Gasteiger partial charge is 0.274 e. The number of nitrogen functional groups attached to an aromatic ring is 2. The van der Waals surface area contributed by atoms with Crippen LogP contribution in [0.15, 0.2) is 48.5 Å². The largest absolute Gasteiger partial charge is 0.497 e. The van der Waals surface area contributed by atoms with Crippen molar-refractivity contribution >= 4 is 29.1 Å². The standard InChI is InChI=1S/C29H39ClN6O3/c1-20(33-29(37)25-27(31)35-28(32)26(30)34-25)19-36(2,17-5-7-21-9-13-23(38-3)14-10-21)18-6-8-22-11-15-24(39-4)16-12-22/h9-16,20H,5-8,17-19H2,1-4H3,(H4-,31,32,33,35,37)/p+1. The number of hydrogen-bond acceptors (Lipinski definition) is 7. The van der Waals surface area contributed by atoms with Crippen LogP contribution >= 0.6 is 11.6 Å². The minimum absolute atomic E-state index is 0.00303. The summed E-state index contributed by atoms with van der Waals surface area (Å²) in [7, 11) is 5.60. The maximum atomic E-state index is 12.9. The third-order valence-electron chi connectivity index (χ3n) is 6.86. The fourth-order valence-corrected chi connectivity index (χ4v) is 4.94. The number of amides is 1. The van der Waals surface area contributed by atoms with Gasteiger partial charge >= 0.3 is 0 Å². The van der Waals surface area contributed by atoms with Gasteiger partial charge in [0.05, 0.1) is 46.9 Å². The number of likely N-dealkylation sites (N-methyl/N-ethyl adjacent to an activating group) is 1. The Morgan fingerprint density at radius 3 is 1.85 bits per heavy atom. The lowest BCUT2D eigenvalue weighted by molar-refractivity contribution is -0.910. The summed E-state index contributed by atoms with van der Waals surface area (Å²) >= 11 is 5.97. The van der Waals surface area contributed by atoms with E-state index in [1.807, 2.05) is 31.2 Å². The number of carbonyl (C=O) groups excluding carboxylic acids is 1. The van der Waals surface area contributed by atoms with Gasteiger partial charge < -0.3 is 30.7 Å². The van der Waals surface area contributed by atoms with E-state index in [0.717, 1.165) is 61.3 Å². The molecule has 1 aromatic heterocycles. The molecule has 0 radical (unpaired) electrons. The molecule has 5 N–H and O–H groups in total. The van der Waals surface area contributed by atoms with Crippen LogP contribution in [0, 0.1) is 0 Å². The zero-order valence-electron chi connectivity index (χ0n) is 23.2. The van der Waals surface area contributed by atoms with Crippen molar-refractivity contribution in [2.75, 3.05) is 52.4 Å². The number of anilines is 2. The third kappa shape index (κ3) is 9.01. The second-order valence-corrected chi connectivity index (χ2v) is 10.5. The van der Waals surface area contributed by atoms with Gasteiger partial charge in [0.25, 0.3) is 5.91 Å². The molecule has 0 bridgehead atoms. The highest BCUT2D eigenvalue weighted by Crippen LogP contribution is 2.19. The first-order chi connectivity index (χ1) is 18.6. The Balaban J connectivity index is 1.64. The van der Waals surface area contributed by atoms with Crippen molar-refractivity contribution < 1.29 is 18.8 Å². The molecule has 1 unspecified atom stereocenters. The number of aromatic nitrogens is 2. The van der Waals surface area contributed by atoms with E-state index in [1.165, 1.54) is 11.1 Å². The van der Waals surface area contributed by atoms with Crippen LogP contribution < -0.4 is 26.3 Å². The van der Waals surface area contributed by atoms with E-state index in [2.05, 4.69) is 46.6 Å². The molecule has 0 saturated heterocycles. The summed E-state index contributed by atoms with van der Waals surface area (Å²) in [5, 5.41) is 2.97. The fraction of sp³-hybridized carbons (Fsp3) is 0.414. The predicted octanol–water partition coefficient (Wildman–Crippen LogP) is 4.14. The number of nitrogens with one attached hydrogen (secondary N) is 1. The molecule has 9 nitrogen and oxygen atoms in total. The van der Waals surface area contributed by atoms with Crippen LogP contribution in [0.3, 0.4) is 0 Å². The van der Waals surface area contributed by atoms with Gasteiger partial charge in [-0.1, -0.05) is 35.9 Å². The average Bonchev–Trinajstić information content (AvgIpc) is 2.91. The van der Waals surface area contributed by atoms with Crippen LogP contribution in [0.2, 0.25) is 5.15 Å². The van der Waals surface area contributed by atoms with Crippen molar-refractivity contribution in [2.24, 2.45) is 0 Å².